The third kappa shape index (κ3) is 4.42. The lowest BCUT2D eigenvalue weighted by molar-refractivity contribution is -0.385. The van der Waals surface area contributed by atoms with Gasteiger partial charge in [-0.15, -0.1) is 0 Å². The van der Waals surface area contributed by atoms with Crippen LogP contribution in [-0.2, 0) is 16.4 Å². The molecule has 1 amide bonds. The van der Waals surface area contributed by atoms with E-state index in [1.807, 2.05) is 0 Å². The molecule has 3 aromatic carbocycles. The second-order valence-corrected chi connectivity index (χ2v) is 9.55. The molecule has 0 unspecified atom stereocenters. The second kappa shape index (κ2) is 8.62. The zero-order chi connectivity index (χ0) is 23.8. The molecule has 8 nitrogen and oxygen atoms in total. The lowest BCUT2D eigenvalue weighted by atomic mass is 10.0. The van der Waals surface area contributed by atoms with Gasteiger partial charge < -0.3 is 5.32 Å². The van der Waals surface area contributed by atoms with Crippen molar-refractivity contribution in [3.8, 4) is 0 Å². The molecule has 10 heteroatoms. The molecule has 33 heavy (non-hydrogen) atoms. The van der Waals surface area contributed by atoms with E-state index in [0.717, 1.165) is 17.7 Å². The molecular formula is C23H20FN3O5S. The third-order valence-electron chi connectivity index (χ3n) is 5.49. The highest BCUT2D eigenvalue weighted by Gasteiger charge is 2.29. The maximum absolute atomic E-state index is 13.3. The Balaban J connectivity index is 1.65. The molecule has 0 saturated heterocycles. The molecule has 170 valence electrons. The number of amides is 1. The molecular weight excluding hydrogens is 449 g/mol. The number of hydrogen-bond acceptors (Lipinski definition) is 5. The summed E-state index contributed by atoms with van der Waals surface area (Å²) < 4.78 is 40.9. The number of anilines is 2. The Kier molecular flexibility index (Phi) is 5.86. The fraction of sp³-hybridized carbons (Fsp3) is 0.174. The average molecular weight is 469 g/mol. The van der Waals surface area contributed by atoms with Crippen molar-refractivity contribution in [2.45, 2.75) is 24.7 Å². The molecule has 0 aromatic heterocycles. The van der Waals surface area contributed by atoms with Crippen molar-refractivity contribution >= 4 is 33.0 Å². The maximum Gasteiger partial charge on any atom is 0.273 e. The van der Waals surface area contributed by atoms with Crippen LogP contribution < -0.4 is 9.62 Å². The molecule has 0 spiro atoms. The highest BCUT2D eigenvalue weighted by molar-refractivity contribution is 7.92. The summed E-state index contributed by atoms with van der Waals surface area (Å²) in [7, 11) is -3.93. The van der Waals surface area contributed by atoms with Crippen LogP contribution in [0.15, 0.2) is 65.6 Å². The molecule has 0 atom stereocenters. The van der Waals surface area contributed by atoms with Crippen molar-refractivity contribution in [2.24, 2.45) is 0 Å². The first-order valence-electron chi connectivity index (χ1n) is 10.1. The summed E-state index contributed by atoms with van der Waals surface area (Å²) in [6.07, 6.45) is 1.29. The van der Waals surface area contributed by atoms with Crippen LogP contribution in [-0.4, -0.2) is 25.8 Å². The van der Waals surface area contributed by atoms with E-state index in [4.69, 9.17) is 0 Å². The van der Waals surface area contributed by atoms with Gasteiger partial charge in [-0.3, -0.25) is 19.2 Å². The predicted octanol–water partition coefficient (Wildman–Crippen LogP) is 4.44. The van der Waals surface area contributed by atoms with Gasteiger partial charge in [-0.2, -0.15) is 0 Å². The minimum Gasteiger partial charge on any atom is -0.322 e. The lowest BCUT2D eigenvalue weighted by Gasteiger charge is -2.31. The molecule has 0 bridgehead atoms. The monoisotopic (exact) mass is 469 g/mol. The van der Waals surface area contributed by atoms with Crippen molar-refractivity contribution in [3.63, 3.8) is 0 Å². The minimum atomic E-state index is -3.93. The van der Waals surface area contributed by atoms with E-state index >= 15 is 0 Å². The number of hydrogen-bond donors (Lipinski definition) is 1. The van der Waals surface area contributed by atoms with Gasteiger partial charge in [0.2, 0.25) is 0 Å². The fourth-order valence-electron chi connectivity index (χ4n) is 3.75. The highest BCUT2D eigenvalue weighted by Crippen LogP contribution is 2.34. The molecule has 1 N–H and O–H groups in total. The molecule has 0 fully saturated rings. The Morgan fingerprint density at radius 3 is 2.52 bits per heavy atom. The predicted molar refractivity (Wildman–Crippen MR) is 121 cm³/mol. The molecule has 3 aromatic rings. The molecule has 0 aliphatic carbocycles. The van der Waals surface area contributed by atoms with Gasteiger partial charge >= 0.3 is 0 Å². The molecule has 1 aliphatic rings. The standard InChI is InChI=1S/C23H20FN3O5S/c1-15-4-5-17(13-21(15)27(29)30)23(28)25-19-9-6-16-3-2-12-26(22(16)14-19)33(31,32)20-10-7-18(24)8-11-20/h4-11,13-14H,2-3,12H2,1H3,(H,25,28). The Bertz CT molecular complexity index is 1360. The molecule has 4 rings (SSSR count). The first-order valence-corrected chi connectivity index (χ1v) is 11.6. The molecule has 0 radical (unpaired) electrons. The van der Waals surface area contributed by atoms with Gasteiger partial charge in [0.05, 0.1) is 15.5 Å². The van der Waals surface area contributed by atoms with Crippen molar-refractivity contribution in [1.29, 1.82) is 0 Å². The number of nitrogens with zero attached hydrogens (tertiary/aromatic N) is 2. The molecule has 1 aliphatic heterocycles. The van der Waals surface area contributed by atoms with Crippen molar-refractivity contribution < 1.29 is 22.5 Å². The number of sulfonamides is 1. The second-order valence-electron chi connectivity index (χ2n) is 7.69. The fourth-order valence-corrected chi connectivity index (χ4v) is 5.29. The zero-order valence-electron chi connectivity index (χ0n) is 17.6. The SMILES string of the molecule is Cc1ccc(C(=O)Nc2ccc3c(c2)N(S(=O)(=O)c2ccc(F)cc2)CCC3)cc1[N+](=O)[O-]. The number of halogens is 1. The van der Waals surface area contributed by atoms with Gasteiger partial charge in [-0.05, 0) is 67.8 Å². The highest BCUT2D eigenvalue weighted by atomic mass is 32.2. The molecule has 0 saturated carbocycles. The third-order valence-corrected chi connectivity index (χ3v) is 7.32. The maximum atomic E-state index is 13.3. The number of fused-ring (bicyclic) bond motifs is 1. The summed E-state index contributed by atoms with van der Waals surface area (Å²) in [4.78, 5) is 23.3. The summed E-state index contributed by atoms with van der Waals surface area (Å²) in [5.41, 5.74) is 1.97. The number of rotatable bonds is 5. The Labute approximate surface area is 189 Å². The summed E-state index contributed by atoms with van der Waals surface area (Å²) >= 11 is 0. The van der Waals surface area contributed by atoms with Gasteiger partial charge in [0, 0.05) is 29.4 Å². The Morgan fingerprint density at radius 1 is 1.09 bits per heavy atom. The first-order chi connectivity index (χ1) is 15.7. The number of aryl methyl sites for hydroxylation is 2. The van der Waals surface area contributed by atoms with E-state index in [1.54, 1.807) is 25.1 Å². The van der Waals surface area contributed by atoms with Crippen LogP contribution >= 0.6 is 0 Å². The van der Waals surface area contributed by atoms with Crippen LogP contribution in [0, 0.1) is 22.9 Å². The van der Waals surface area contributed by atoms with Gasteiger partial charge in [0.25, 0.3) is 21.6 Å². The normalized spacial score (nSPS) is 13.3. The van der Waals surface area contributed by atoms with Crippen molar-refractivity contribution in [2.75, 3.05) is 16.2 Å². The summed E-state index contributed by atoms with van der Waals surface area (Å²) in [5, 5.41) is 13.9. The van der Waals surface area contributed by atoms with Crippen LogP contribution in [0.4, 0.5) is 21.5 Å². The van der Waals surface area contributed by atoms with Gasteiger partial charge in [-0.25, -0.2) is 12.8 Å². The first kappa shape index (κ1) is 22.4. The van der Waals surface area contributed by atoms with Crippen LogP contribution in [0.1, 0.15) is 27.9 Å². The van der Waals surface area contributed by atoms with Gasteiger partial charge in [-0.1, -0.05) is 12.1 Å². The largest absolute Gasteiger partial charge is 0.322 e. The van der Waals surface area contributed by atoms with Crippen molar-refractivity contribution in [1.82, 2.24) is 0 Å². The topological polar surface area (TPSA) is 110 Å². The number of nitro groups is 1. The quantitative estimate of drug-likeness (QED) is 0.439. The van der Waals surface area contributed by atoms with E-state index in [-0.39, 0.29) is 22.7 Å². The van der Waals surface area contributed by atoms with E-state index in [0.29, 0.717) is 29.8 Å². The van der Waals surface area contributed by atoms with Crippen LogP contribution in [0.25, 0.3) is 0 Å². The van der Waals surface area contributed by atoms with E-state index < -0.39 is 26.7 Å². The summed E-state index contributed by atoms with van der Waals surface area (Å²) in [5.74, 6) is -1.09. The smallest absolute Gasteiger partial charge is 0.273 e. The van der Waals surface area contributed by atoms with E-state index in [1.165, 1.54) is 34.6 Å². The molecule has 1 heterocycles. The lowest BCUT2D eigenvalue weighted by Crippen LogP contribution is -2.35. The number of carbonyl (C=O) groups is 1. The summed E-state index contributed by atoms with van der Waals surface area (Å²) in [6.45, 7) is 1.83. The van der Waals surface area contributed by atoms with Crippen molar-refractivity contribution in [3.05, 3.63) is 93.3 Å². The van der Waals surface area contributed by atoms with Crippen LogP contribution in [0.5, 0.6) is 0 Å². The Morgan fingerprint density at radius 2 is 1.82 bits per heavy atom. The van der Waals surface area contributed by atoms with Crippen LogP contribution in [0.3, 0.4) is 0 Å². The summed E-state index contributed by atoms with van der Waals surface area (Å²) in [6, 6.07) is 13.8. The number of carbonyl (C=O) groups excluding carboxylic acids is 1. The zero-order valence-corrected chi connectivity index (χ0v) is 18.4. The van der Waals surface area contributed by atoms with E-state index in [9.17, 15) is 27.7 Å². The Hall–Kier alpha value is -3.79. The number of benzene rings is 3. The number of nitrogens with one attached hydrogen (secondary N) is 1. The average Bonchev–Trinajstić information content (AvgIpc) is 2.79. The van der Waals surface area contributed by atoms with Crippen LogP contribution in [0.2, 0.25) is 0 Å². The van der Waals surface area contributed by atoms with Gasteiger partial charge in [0.15, 0.2) is 0 Å². The minimum absolute atomic E-state index is 0.0295. The number of nitro benzene ring substituents is 1. The van der Waals surface area contributed by atoms with Gasteiger partial charge in [0.1, 0.15) is 5.82 Å². The van der Waals surface area contributed by atoms with E-state index in [2.05, 4.69) is 5.32 Å².